The minimum atomic E-state index is -0.797. The highest BCUT2D eigenvalue weighted by Gasteiger charge is 2.28. The first-order valence-electron chi connectivity index (χ1n) is 12.0. The standard InChI is InChI=1S/C29H27N5O3/c1-19(35)32-33-26(20-8-3-2-4-9-20)29(37)30-23-15-13-21(14-16-23)28(36)27-25-12-7-17-34(25)18-22-10-5-6-11-24(22)31-27/h2-17,26-27,31,33H,18H2,1H3,(H,30,37)(H,32,35). The number of hydrazine groups is 1. The van der Waals surface area contributed by atoms with Crippen molar-refractivity contribution < 1.29 is 14.4 Å². The lowest BCUT2D eigenvalue weighted by Gasteiger charge is -2.20. The van der Waals surface area contributed by atoms with Crippen molar-refractivity contribution in [1.29, 1.82) is 0 Å². The van der Waals surface area contributed by atoms with E-state index in [0.29, 0.717) is 23.4 Å². The van der Waals surface area contributed by atoms with Crippen LogP contribution < -0.4 is 21.5 Å². The molecule has 3 aromatic carbocycles. The minimum Gasteiger partial charge on any atom is -0.370 e. The number of nitrogens with one attached hydrogen (secondary N) is 4. The van der Waals surface area contributed by atoms with Crippen LogP contribution in [-0.2, 0) is 16.1 Å². The van der Waals surface area contributed by atoms with E-state index in [1.54, 1.807) is 36.4 Å². The number of nitrogens with zero attached hydrogens (tertiary/aromatic N) is 1. The molecule has 1 aliphatic heterocycles. The topological polar surface area (TPSA) is 104 Å². The second-order valence-corrected chi connectivity index (χ2v) is 8.90. The Morgan fingerprint density at radius 1 is 0.892 bits per heavy atom. The number of anilines is 2. The van der Waals surface area contributed by atoms with Gasteiger partial charge in [0.25, 0.3) is 0 Å². The Kier molecular flexibility index (Phi) is 6.83. The molecule has 0 saturated heterocycles. The van der Waals surface area contributed by atoms with Gasteiger partial charge in [-0.25, -0.2) is 5.43 Å². The molecule has 4 N–H and O–H groups in total. The van der Waals surface area contributed by atoms with Crippen molar-refractivity contribution >= 4 is 29.0 Å². The van der Waals surface area contributed by atoms with E-state index >= 15 is 0 Å². The first-order chi connectivity index (χ1) is 18.0. The van der Waals surface area contributed by atoms with Crippen molar-refractivity contribution in [3.05, 3.63) is 120 Å². The van der Waals surface area contributed by atoms with Crippen molar-refractivity contribution in [2.45, 2.75) is 25.6 Å². The van der Waals surface area contributed by atoms with E-state index in [1.807, 2.05) is 54.7 Å². The SMILES string of the molecule is CC(=O)NNC(C(=O)Nc1ccc(C(=O)C2Nc3ccccc3Cn3cccc32)cc1)c1ccccc1. The Bertz CT molecular complexity index is 1430. The van der Waals surface area contributed by atoms with E-state index in [1.165, 1.54) is 6.92 Å². The smallest absolute Gasteiger partial charge is 0.247 e. The number of amides is 2. The molecule has 4 aromatic rings. The maximum absolute atomic E-state index is 13.6. The molecule has 5 rings (SSSR count). The Hall–Kier alpha value is -4.69. The fourth-order valence-electron chi connectivity index (χ4n) is 4.46. The van der Waals surface area contributed by atoms with Gasteiger partial charge in [0.2, 0.25) is 11.8 Å². The summed E-state index contributed by atoms with van der Waals surface area (Å²) in [6.07, 6.45) is 1.98. The Labute approximate surface area is 214 Å². The molecule has 0 aliphatic carbocycles. The number of ketones is 1. The van der Waals surface area contributed by atoms with Gasteiger partial charge in [-0.3, -0.25) is 19.8 Å². The fourth-order valence-corrected chi connectivity index (χ4v) is 4.46. The molecule has 37 heavy (non-hydrogen) atoms. The molecule has 0 spiro atoms. The largest absolute Gasteiger partial charge is 0.370 e. The zero-order chi connectivity index (χ0) is 25.8. The molecule has 0 saturated carbocycles. The average molecular weight is 494 g/mol. The van der Waals surface area contributed by atoms with Crippen molar-refractivity contribution in [3.8, 4) is 0 Å². The molecule has 2 heterocycles. The van der Waals surface area contributed by atoms with Gasteiger partial charge in [0, 0.05) is 42.3 Å². The van der Waals surface area contributed by atoms with E-state index in [0.717, 1.165) is 16.9 Å². The van der Waals surface area contributed by atoms with E-state index in [4.69, 9.17) is 0 Å². The van der Waals surface area contributed by atoms with Gasteiger partial charge in [0.15, 0.2) is 5.78 Å². The Morgan fingerprint density at radius 2 is 1.62 bits per heavy atom. The molecule has 0 radical (unpaired) electrons. The number of hydrogen-bond donors (Lipinski definition) is 4. The van der Waals surface area contributed by atoms with Gasteiger partial charge in [-0.2, -0.15) is 0 Å². The lowest BCUT2D eigenvalue weighted by molar-refractivity contribution is -0.121. The fraction of sp³-hybridized carbons (Fsp3) is 0.138. The summed E-state index contributed by atoms with van der Waals surface area (Å²) in [5, 5.41) is 6.28. The van der Waals surface area contributed by atoms with E-state index < -0.39 is 12.1 Å². The number of benzene rings is 3. The molecular weight excluding hydrogens is 466 g/mol. The van der Waals surface area contributed by atoms with Crippen LogP contribution in [0.4, 0.5) is 11.4 Å². The summed E-state index contributed by atoms with van der Waals surface area (Å²) in [6.45, 7) is 2.05. The summed E-state index contributed by atoms with van der Waals surface area (Å²) in [5.41, 5.74) is 9.97. The number of hydrogen-bond acceptors (Lipinski definition) is 5. The molecule has 2 amide bonds. The van der Waals surface area contributed by atoms with Crippen LogP contribution in [0.15, 0.2) is 97.2 Å². The van der Waals surface area contributed by atoms with Crippen LogP contribution in [0.25, 0.3) is 0 Å². The number of aromatic nitrogens is 1. The number of carbonyl (C=O) groups is 3. The molecule has 0 fully saturated rings. The maximum Gasteiger partial charge on any atom is 0.247 e. The van der Waals surface area contributed by atoms with Crippen LogP contribution in [0.5, 0.6) is 0 Å². The molecule has 2 unspecified atom stereocenters. The molecule has 1 aliphatic rings. The van der Waals surface area contributed by atoms with Crippen LogP contribution in [0.1, 0.15) is 46.2 Å². The average Bonchev–Trinajstić information content (AvgIpc) is 3.30. The number of para-hydroxylation sites is 1. The maximum atomic E-state index is 13.6. The van der Waals surface area contributed by atoms with E-state index in [9.17, 15) is 14.4 Å². The second-order valence-electron chi connectivity index (χ2n) is 8.90. The molecule has 2 atom stereocenters. The molecule has 8 heteroatoms. The quantitative estimate of drug-likeness (QED) is 0.228. The third-order valence-electron chi connectivity index (χ3n) is 6.31. The van der Waals surface area contributed by atoms with E-state index in [-0.39, 0.29) is 17.6 Å². The normalized spacial score (nSPS) is 14.8. The molecule has 0 bridgehead atoms. The zero-order valence-electron chi connectivity index (χ0n) is 20.3. The summed E-state index contributed by atoms with van der Waals surface area (Å²) >= 11 is 0. The second kappa shape index (κ2) is 10.5. The summed E-state index contributed by atoms with van der Waals surface area (Å²) in [7, 11) is 0. The predicted molar refractivity (Wildman–Crippen MR) is 142 cm³/mol. The Balaban J connectivity index is 1.33. The summed E-state index contributed by atoms with van der Waals surface area (Å²) < 4.78 is 2.09. The van der Waals surface area contributed by atoms with Crippen LogP contribution in [0.3, 0.4) is 0 Å². The lowest BCUT2D eigenvalue weighted by atomic mass is 10.0. The number of fused-ring (bicyclic) bond motifs is 2. The van der Waals surface area contributed by atoms with E-state index in [2.05, 4.69) is 32.1 Å². The van der Waals surface area contributed by atoms with Crippen molar-refractivity contribution in [3.63, 3.8) is 0 Å². The van der Waals surface area contributed by atoms with Crippen LogP contribution >= 0.6 is 0 Å². The number of carbonyl (C=O) groups excluding carboxylic acids is 3. The van der Waals surface area contributed by atoms with Crippen molar-refractivity contribution in [1.82, 2.24) is 15.4 Å². The van der Waals surface area contributed by atoms with Crippen molar-refractivity contribution in [2.75, 3.05) is 10.6 Å². The number of rotatable bonds is 7. The van der Waals surface area contributed by atoms with Gasteiger partial charge >= 0.3 is 0 Å². The minimum absolute atomic E-state index is 0.0657. The predicted octanol–water partition coefficient (Wildman–Crippen LogP) is 4.21. The summed E-state index contributed by atoms with van der Waals surface area (Å²) in [5.74, 6) is -0.722. The highest BCUT2D eigenvalue weighted by Crippen LogP contribution is 2.31. The van der Waals surface area contributed by atoms with Gasteiger partial charge < -0.3 is 15.2 Å². The van der Waals surface area contributed by atoms with Gasteiger partial charge in [-0.15, -0.1) is 0 Å². The highest BCUT2D eigenvalue weighted by atomic mass is 16.2. The van der Waals surface area contributed by atoms with Gasteiger partial charge in [0.05, 0.1) is 0 Å². The molecular formula is C29H27N5O3. The molecule has 8 nitrogen and oxygen atoms in total. The highest BCUT2D eigenvalue weighted by molar-refractivity contribution is 6.03. The summed E-state index contributed by atoms with van der Waals surface area (Å²) in [6, 6.07) is 26.5. The van der Waals surface area contributed by atoms with Crippen LogP contribution in [0, 0.1) is 0 Å². The summed E-state index contributed by atoms with van der Waals surface area (Å²) in [4.78, 5) is 38.0. The zero-order valence-corrected chi connectivity index (χ0v) is 20.3. The first kappa shape index (κ1) is 24.0. The Morgan fingerprint density at radius 3 is 2.38 bits per heavy atom. The van der Waals surface area contributed by atoms with Gasteiger partial charge in [-0.1, -0.05) is 48.5 Å². The van der Waals surface area contributed by atoms with Gasteiger partial charge in [0.1, 0.15) is 12.1 Å². The molecule has 1 aromatic heterocycles. The van der Waals surface area contributed by atoms with Crippen LogP contribution in [-0.4, -0.2) is 22.2 Å². The lowest BCUT2D eigenvalue weighted by Crippen LogP contribution is -2.43. The van der Waals surface area contributed by atoms with Crippen molar-refractivity contribution in [2.24, 2.45) is 0 Å². The van der Waals surface area contributed by atoms with Crippen LogP contribution in [0.2, 0.25) is 0 Å². The number of Topliss-reactive ketones (excluding diaryl/α,β-unsaturated/α-hetero) is 1. The third kappa shape index (κ3) is 5.29. The third-order valence-corrected chi connectivity index (χ3v) is 6.31. The monoisotopic (exact) mass is 493 g/mol. The molecule has 186 valence electrons. The first-order valence-corrected chi connectivity index (χ1v) is 12.0. The van der Waals surface area contributed by atoms with Gasteiger partial charge in [-0.05, 0) is 53.6 Å².